The quantitative estimate of drug-likeness (QED) is 0.817. The SMILES string of the molecule is CCOC(C)(C)CNc1ccc(N)cc1Br. The van der Waals surface area contributed by atoms with Crippen molar-refractivity contribution in [2.75, 3.05) is 24.2 Å². The van der Waals surface area contributed by atoms with Crippen molar-refractivity contribution in [2.45, 2.75) is 26.4 Å². The van der Waals surface area contributed by atoms with Gasteiger partial charge in [-0.3, -0.25) is 0 Å². The number of anilines is 2. The monoisotopic (exact) mass is 286 g/mol. The van der Waals surface area contributed by atoms with Crippen molar-refractivity contribution in [3.05, 3.63) is 22.7 Å². The molecule has 0 aliphatic rings. The Morgan fingerprint density at radius 2 is 2.12 bits per heavy atom. The fourth-order valence-electron chi connectivity index (χ4n) is 1.42. The molecule has 16 heavy (non-hydrogen) atoms. The molecule has 1 rings (SSSR count). The predicted octanol–water partition coefficient (Wildman–Crippen LogP) is 3.26. The minimum atomic E-state index is -0.171. The fraction of sp³-hybridized carbons (Fsp3) is 0.500. The molecule has 90 valence electrons. The van der Waals surface area contributed by atoms with Gasteiger partial charge in [-0.1, -0.05) is 0 Å². The Morgan fingerprint density at radius 3 is 2.69 bits per heavy atom. The maximum Gasteiger partial charge on any atom is 0.0797 e. The summed E-state index contributed by atoms with van der Waals surface area (Å²) < 4.78 is 6.58. The van der Waals surface area contributed by atoms with Gasteiger partial charge in [0.2, 0.25) is 0 Å². The molecule has 0 radical (unpaired) electrons. The number of hydrogen-bond donors (Lipinski definition) is 2. The molecule has 1 aromatic rings. The summed E-state index contributed by atoms with van der Waals surface area (Å²) in [6.45, 7) is 7.60. The fourth-order valence-corrected chi connectivity index (χ4v) is 1.96. The van der Waals surface area contributed by atoms with E-state index in [4.69, 9.17) is 10.5 Å². The summed E-state index contributed by atoms with van der Waals surface area (Å²) in [4.78, 5) is 0. The first kappa shape index (κ1) is 13.3. The zero-order chi connectivity index (χ0) is 12.2. The molecule has 0 heterocycles. The first-order valence-electron chi connectivity index (χ1n) is 5.37. The highest BCUT2D eigenvalue weighted by Crippen LogP contribution is 2.25. The standard InChI is InChI=1S/C12H19BrN2O/c1-4-16-12(2,3)8-15-11-6-5-9(14)7-10(11)13/h5-7,15H,4,8,14H2,1-3H3. The van der Waals surface area contributed by atoms with Crippen molar-refractivity contribution < 1.29 is 4.74 Å². The lowest BCUT2D eigenvalue weighted by molar-refractivity contribution is 0.000691. The molecule has 4 heteroatoms. The van der Waals surface area contributed by atoms with E-state index in [1.54, 1.807) is 0 Å². The molecule has 3 N–H and O–H groups in total. The van der Waals surface area contributed by atoms with E-state index in [1.807, 2.05) is 25.1 Å². The molecule has 0 saturated carbocycles. The van der Waals surface area contributed by atoms with Crippen LogP contribution < -0.4 is 11.1 Å². The number of hydrogen-bond acceptors (Lipinski definition) is 3. The minimum Gasteiger partial charge on any atom is -0.399 e. The lowest BCUT2D eigenvalue weighted by Crippen LogP contribution is -2.33. The summed E-state index contributed by atoms with van der Waals surface area (Å²) >= 11 is 3.47. The van der Waals surface area contributed by atoms with Crippen molar-refractivity contribution in [2.24, 2.45) is 0 Å². The Kier molecular flexibility index (Phi) is 4.62. The molecular formula is C12H19BrN2O. The summed E-state index contributed by atoms with van der Waals surface area (Å²) in [5, 5.41) is 3.34. The number of nitrogen functional groups attached to an aromatic ring is 1. The Bertz CT molecular complexity index is 353. The first-order valence-corrected chi connectivity index (χ1v) is 6.17. The smallest absolute Gasteiger partial charge is 0.0797 e. The van der Waals surface area contributed by atoms with Crippen molar-refractivity contribution >= 4 is 27.3 Å². The minimum absolute atomic E-state index is 0.171. The molecule has 0 aliphatic heterocycles. The molecule has 0 aromatic heterocycles. The lowest BCUT2D eigenvalue weighted by atomic mass is 10.1. The molecule has 0 bridgehead atoms. The maximum atomic E-state index is 5.67. The number of nitrogens with two attached hydrogens (primary N) is 1. The third kappa shape index (κ3) is 4.02. The summed E-state index contributed by atoms with van der Waals surface area (Å²) in [6.07, 6.45) is 0. The summed E-state index contributed by atoms with van der Waals surface area (Å²) in [6, 6.07) is 5.72. The van der Waals surface area contributed by atoms with Gasteiger partial charge in [0.25, 0.3) is 0 Å². The van der Waals surface area contributed by atoms with E-state index in [0.29, 0.717) is 0 Å². The van der Waals surface area contributed by atoms with Crippen LogP contribution in [0.4, 0.5) is 11.4 Å². The van der Waals surface area contributed by atoms with Crippen molar-refractivity contribution in [1.82, 2.24) is 0 Å². The Balaban J connectivity index is 2.61. The molecule has 3 nitrogen and oxygen atoms in total. The molecule has 0 fully saturated rings. The Labute approximate surface area is 105 Å². The number of halogens is 1. The predicted molar refractivity (Wildman–Crippen MR) is 72.7 cm³/mol. The second-order valence-electron chi connectivity index (χ2n) is 4.29. The summed E-state index contributed by atoms with van der Waals surface area (Å²) in [5.41, 5.74) is 7.28. The number of nitrogens with one attached hydrogen (secondary N) is 1. The van der Waals surface area contributed by atoms with Crippen LogP contribution in [0, 0.1) is 0 Å². The van der Waals surface area contributed by atoms with Crippen LogP contribution in [0.25, 0.3) is 0 Å². The second-order valence-corrected chi connectivity index (χ2v) is 5.14. The third-order valence-electron chi connectivity index (χ3n) is 2.23. The van der Waals surface area contributed by atoms with E-state index in [0.717, 1.165) is 29.0 Å². The molecule has 0 aliphatic carbocycles. The van der Waals surface area contributed by atoms with Gasteiger partial charge in [-0.2, -0.15) is 0 Å². The van der Waals surface area contributed by atoms with Crippen LogP contribution in [0.15, 0.2) is 22.7 Å². The van der Waals surface area contributed by atoms with Crippen molar-refractivity contribution in [1.29, 1.82) is 0 Å². The molecule has 0 amide bonds. The third-order valence-corrected chi connectivity index (χ3v) is 2.89. The number of benzene rings is 1. The number of ether oxygens (including phenoxy) is 1. The highest BCUT2D eigenvalue weighted by molar-refractivity contribution is 9.10. The van der Waals surface area contributed by atoms with E-state index in [-0.39, 0.29) is 5.60 Å². The zero-order valence-electron chi connectivity index (χ0n) is 10.0. The van der Waals surface area contributed by atoms with E-state index < -0.39 is 0 Å². The second kappa shape index (κ2) is 5.55. The van der Waals surface area contributed by atoms with Crippen LogP contribution in [-0.2, 0) is 4.74 Å². The summed E-state index contributed by atoms with van der Waals surface area (Å²) in [7, 11) is 0. The van der Waals surface area contributed by atoms with Gasteiger partial charge in [-0.15, -0.1) is 0 Å². The van der Waals surface area contributed by atoms with Crippen molar-refractivity contribution in [3.8, 4) is 0 Å². The van der Waals surface area contributed by atoms with Crippen LogP contribution in [0.1, 0.15) is 20.8 Å². The highest BCUT2D eigenvalue weighted by Gasteiger charge is 2.17. The molecule has 0 saturated heterocycles. The van der Waals surface area contributed by atoms with Crippen LogP contribution >= 0.6 is 15.9 Å². The van der Waals surface area contributed by atoms with Crippen LogP contribution in [0.5, 0.6) is 0 Å². The molecule has 0 atom stereocenters. The van der Waals surface area contributed by atoms with Crippen LogP contribution in [0.3, 0.4) is 0 Å². The van der Waals surface area contributed by atoms with Gasteiger partial charge in [0.15, 0.2) is 0 Å². The lowest BCUT2D eigenvalue weighted by Gasteiger charge is -2.25. The molecule has 0 spiro atoms. The van der Waals surface area contributed by atoms with Gasteiger partial charge in [0, 0.05) is 29.0 Å². The van der Waals surface area contributed by atoms with Crippen molar-refractivity contribution in [3.63, 3.8) is 0 Å². The molecule has 0 unspecified atom stereocenters. The van der Waals surface area contributed by atoms with Gasteiger partial charge in [0.1, 0.15) is 0 Å². The maximum absolute atomic E-state index is 5.67. The Morgan fingerprint density at radius 1 is 1.44 bits per heavy atom. The number of rotatable bonds is 5. The summed E-state index contributed by atoms with van der Waals surface area (Å²) in [5.74, 6) is 0. The Hall–Kier alpha value is -0.740. The van der Waals surface area contributed by atoms with Gasteiger partial charge < -0.3 is 15.8 Å². The van der Waals surface area contributed by atoms with E-state index >= 15 is 0 Å². The average molecular weight is 287 g/mol. The molecule has 1 aromatic carbocycles. The largest absolute Gasteiger partial charge is 0.399 e. The van der Waals surface area contributed by atoms with E-state index in [2.05, 4.69) is 35.1 Å². The van der Waals surface area contributed by atoms with Gasteiger partial charge in [-0.05, 0) is 54.9 Å². The first-order chi connectivity index (χ1) is 7.44. The normalized spacial score (nSPS) is 11.5. The van der Waals surface area contributed by atoms with Gasteiger partial charge in [-0.25, -0.2) is 0 Å². The van der Waals surface area contributed by atoms with Gasteiger partial charge >= 0.3 is 0 Å². The highest BCUT2D eigenvalue weighted by atomic mass is 79.9. The van der Waals surface area contributed by atoms with E-state index in [9.17, 15) is 0 Å². The van der Waals surface area contributed by atoms with Crippen LogP contribution in [-0.4, -0.2) is 18.8 Å². The van der Waals surface area contributed by atoms with Gasteiger partial charge in [0.05, 0.1) is 5.60 Å². The molecular weight excluding hydrogens is 268 g/mol. The zero-order valence-corrected chi connectivity index (χ0v) is 11.6. The average Bonchev–Trinajstić information content (AvgIpc) is 2.16. The topological polar surface area (TPSA) is 47.3 Å². The van der Waals surface area contributed by atoms with E-state index in [1.165, 1.54) is 0 Å². The van der Waals surface area contributed by atoms with Crippen LogP contribution in [0.2, 0.25) is 0 Å².